The van der Waals surface area contributed by atoms with Crippen LogP contribution in [0.3, 0.4) is 0 Å². The first kappa shape index (κ1) is 18.4. The van der Waals surface area contributed by atoms with E-state index in [9.17, 15) is 4.79 Å². The summed E-state index contributed by atoms with van der Waals surface area (Å²) in [5.41, 5.74) is 7.45. The number of amides is 1. The lowest BCUT2D eigenvalue weighted by Gasteiger charge is -2.14. The lowest BCUT2D eigenvalue weighted by molar-refractivity contribution is -0.116. The number of hydrogen-bond donors (Lipinski definition) is 2. The zero-order chi connectivity index (χ0) is 18.5. The van der Waals surface area contributed by atoms with Crippen molar-refractivity contribution in [1.29, 1.82) is 0 Å². The first-order chi connectivity index (χ1) is 12.5. The summed E-state index contributed by atoms with van der Waals surface area (Å²) in [5, 5.41) is 5.47. The zero-order valence-electron chi connectivity index (χ0n) is 14.7. The number of carbonyl (C=O) groups excluding carboxylic acids is 1. The molecule has 3 rings (SSSR count). The lowest BCUT2D eigenvalue weighted by Crippen LogP contribution is -2.14. The van der Waals surface area contributed by atoms with Gasteiger partial charge in [0.15, 0.2) is 5.13 Å². The minimum Gasteiger partial charge on any atom is -0.489 e. The topological polar surface area (TPSA) is 77.2 Å². The normalized spacial score (nSPS) is 10.9. The van der Waals surface area contributed by atoms with Crippen molar-refractivity contribution in [2.45, 2.75) is 32.8 Å². The molecule has 0 unspecified atom stereocenters. The predicted molar refractivity (Wildman–Crippen MR) is 109 cm³/mol. The van der Waals surface area contributed by atoms with Crippen LogP contribution in [0.4, 0.5) is 10.8 Å². The molecule has 0 radical (unpaired) electrons. The highest BCUT2D eigenvalue weighted by atomic mass is 32.1. The Morgan fingerprint density at radius 1 is 1.27 bits per heavy atom. The maximum absolute atomic E-state index is 12.4. The first-order valence-electron chi connectivity index (χ1n) is 8.37. The molecule has 0 saturated carbocycles. The molecule has 5 nitrogen and oxygen atoms in total. The van der Waals surface area contributed by atoms with Gasteiger partial charge in [-0.3, -0.25) is 4.79 Å². The van der Waals surface area contributed by atoms with Crippen LogP contribution in [0.2, 0.25) is 0 Å². The molecule has 2 heterocycles. The Morgan fingerprint density at radius 2 is 2.08 bits per heavy atom. The van der Waals surface area contributed by atoms with Crippen molar-refractivity contribution in [2.75, 3.05) is 11.1 Å². The molecular formula is C19H21N3O2S2. The van der Waals surface area contributed by atoms with Crippen molar-refractivity contribution in [3.05, 3.63) is 46.7 Å². The van der Waals surface area contributed by atoms with Gasteiger partial charge in [0.2, 0.25) is 5.91 Å². The number of nitrogen functional groups attached to an aromatic ring is 1. The number of benzene rings is 1. The second-order valence-electron chi connectivity index (χ2n) is 6.01. The number of nitrogens with two attached hydrogens (primary N) is 1. The van der Waals surface area contributed by atoms with Crippen LogP contribution in [0, 0.1) is 0 Å². The summed E-state index contributed by atoms with van der Waals surface area (Å²) in [6.07, 6.45) is 0.999. The number of rotatable bonds is 7. The van der Waals surface area contributed by atoms with Gasteiger partial charge < -0.3 is 15.8 Å². The van der Waals surface area contributed by atoms with Crippen molar-refractivity contribution in [2.24, 2.45) is 0 Å². The fraction of sp³-hybridized carbons (Fsp3) is 0.263. The molecule has 2 aromatic heterocycles. The van der Waals surface area contributed by atoms with Gasteiger partial charge in [-0.25, -0.2) is 4.98 Å². The maximum atomic E-state index is 12.4. The Balaban J connectivity index is 1.66. The summed E-state index contributed by atoms with van der Waals surface area (Å²) in [4.78, 5) is 18.9. The summed E-state index contributed by atoms with van der Waals surface area (Å²) in [5.74, 6) is 0.617. The molecule has 0 aliphatic heterocycles. The molecule has 0 bridgehead atoms. The van der Waals surface area contributed by atoms with E-state index in [0.717, 1.165) is 15.4 Å². The molecule has 0 spiro atoms. The van der Waals surface area contributed by atoms with Crippen LogP contribution in [-0.4, -0.2) is 17.0 Å². The number of nitrogens with zero attached hydrogens (tertiary/aromatic N) is 1. The molecule has 3 aromatic rings. The molecule has 0 fully saturated rings. The summed E-state index contributed by atoms with van der Waals surface area (Å²) in [7, 11) is 0. The van der Waals surface area contributed by atoms with Gasteiger partial charge in [0.25, 0.3) is 0 Å². The maximum Gasteiger partial charge on any atom is 0.224 e. The second kappa shape index (κ2) is 8.33. The van der Waals surface area contributed by atoms with E-state index in [1.165, 1.54) is 11.3 Å². The van der Waals surface area contributed by atoms with Gasteiger partial charge in [0, 0.05) is 11.3 Å². The van der Waals surface area contributed by atoms with Gasteiger partial charge >= 0.3 is 0 Å². The Morgan fingerprint density at radius 3 is 2.81 bits per heavy atom. The number of carbonyl (C=O) groups is 1. The highest BCUT2D eigenvalue weighted by molar-refractivity contribution is 7.17. The third-order valence-corrected chi connectivity index (χ3v) is 5.39. The Labute approximate surface area is 160 Å². The molecule has 0 atom stereocenters. The number of thiazole rings is 1. The van der Waals surface area contributed by atoms with E-state index < -0.39 is 0 Å². The highest BCUT2D eigenvalue weighted by Crippen LogP contribution is 2.33. The molecular weight excluding hydrogens is 366 g/mol. The zero-order valence-corrected chi connectivity index (χ0v) is 16.3. The Bertz CT molecular complexity index is 873. The van der Waals surface area contributed by atoms with E-state index in [2.05, 4.69) is 10.3 Å². The fourth-order valence-corrected chi connectivity index (χ4v) is 4.16. The number of aryl methyl sites for hydroxylation is 1. The quantitative estimate of drug-likeness (QED) is 0.610. The summed E-state index contributed by atoms with van der Waals surface area (Å²) in [6, 6.07) is 11.5. The number of ether oxygens (including phenoxy) is 1. The van der Waals surface area contributed by atoms with Gasteiger partial charge in [0.05, 0.1) is 22.4 Å². The molecule has 136 valence electrons. The molecule has 3 N–H and O–H groups in total. The van der Waals surface area contributed by atoms with E-state index in [4.69, 9.17) is 10.5 Å². The van der Waals surface area contributed by atoms with E-state index in [-0.39, 0.29) is 12.0 Å². The van der Waals surface area contributed by atoms with Gasteiger partial charge in [0.1, 0.15) is 5.75 Å². The van der Waals surface area contributed by atoms with E-state index in [1.807, 2.05) is 55.6 Å². The molecule has 7 heteroatoms. The fourth-order valence-electron chi connectivity index (χ4n) is 2.51. The molecule has 1 amide bonds. The summed E-state index contributed by atoms with van der Waals surface area (Å²) < 4.78 is 5.74. The number of para-hydroxylation sites is 2. The SMILES string of the molecule is CC(C)Oc1ccccc1NC(=O)CCc1sc(N)nc1-c1cccs1. The average molecular weight is 388 g/mol. The van der Waals surface area contributed by atoms with Crippen LogP contribution in [0.5, 0.6) is 5.75 Å². The molecule has 26 heavy (non-hydrogen) atoms. The van der Waals surface area contributed by atoms with Crippen LogP contribution in [0.15, 0.2) is 41.8 Å². The monoisotopic (exact) mass is 387 g/mol. The Hall–Kier alpha value is -2.38. The van der Waals surface area contributed by atoms with Gasteiger partial charge in [-0.05, 0) is 43.8 Å². The number of aromatic nitrogens is 1. The van der Waals surface area contributed by atoms with Crippen LogP contribution < -0.4 is 15.8 Å². The number of thiophene rings is 1. The van der Waals surface area contributed by atoms with Crippen molar-refractivity contribution in [3.63, 3.8) is 0 Å². The smallest absolute Gasteiger partial charge is 0.224 e. The predicted octanol–water partition coefficient (Wildman–Crippen LogP) is 4.81. The molecule has 0 aliphatic carbocycles. The highest BCUT2D eigenvalue weighted by Gasteiger charge is 2.15. The van der Waals surface area contributed by atoms with Gasteiger partial charge in [-0.1, -0.05) is 18.2 Å². The number of hydrogen-bond acceptors (Lipinski definition) is 6. The lowest BCUT2D eigenvalue weighted by atomic mass is 10.2. The van der Waals surface area contributed by atoms with Gasteiger partial charge in [-0.2, -0.15) is 0 Å². The first-order valence-corrected chi connectivity index (χ1v) is 10.1. The third-order valence-electron chi connectivity index (χ3n) is 3.57. The van der Waals surface area contributed by atoms with Gasteiger partial charge in [-0.15, -0.1) is 22.7 Å². The van der Waals surface area contributed by atoms with E-state index in [0.29, 0.717) is 29.4 Å². The summed E-state index contributed by atoms with van der Waals surface area (Å²) >= 11 is 3.06. The molecule has 0 saturated heterocycles. The van der Waals surface area contributed by atoms with Crippen molar-refractivity contribution < 1.29 is 9.53 Å². The average Bonchev–Trinajstić information content (AvgIpc) is 3.23. The van der Waals surface area contributed by atoms with Crippen LogP contribution in [0.1, 0.15) is 25.1 Å². The minimum absolute atomic E-state index is 0.0431. The number of anilines is 2. The van der Waals surface area contributed by atoms with E-state index in [1.54, 1.807) is 11.3 Å². The minimum atomic E-state index is -0.0612. The largest absolute Gasteiger partial charge is 0.489 e. The van der Waals surface area contributed by atoms with Crippen LogP contribution >= 0.6 is 22.7 Å². The summed E-state index contributed by atoms with van der Waals surface area (Å²) in [6.45, 7) is 3.91. The Kier molecular flexibility index (Phi) is 5.90. The van der Waals surface area contributed by atoms with Crippen LogP contribution in [0.25, 0.3) is 10.6 Å². The van der Waals surface area contributed by atoms with Crippen LogP contribution in [-0.2, 0) is 11.2 Å². The van der Waals surface area contributed by atoms with E-state index >= 15 is 0 Å². The molecule has 1 aromatic carbocycles. The third kappa shape index (κ3) is 4.62. The van der Waals surface area contributed by atoms with Crippen molar-refractivity contribution in [1.82, 2.24) is 4.98 Å². The number of nitrogens with one attached hydrogen (secondary N) is 1. The second-order valence-corrected chi connectivity index (χ2v) is 8.08. The van der Waals surface area contributed by atoms with Crippen molar-refractivity contribution >= 4 is 39.4 Å². The standard InChI is InChI=1S/C19H21N3O2S2/c1-12(2)24-14-7-4-3-6-13(14)21-17(23)10-9-16-18(22-19(20)26-16)15-8-5-11-25-15/h3-8,11-12H,9-10H2,1-2H3,(H2,20,22)(H,21,23). The van der Waals surface area contributed by atoms with Crippen molar-refractivity contribution in [3.8, 4) is 16.3 Å². The molecule has 0 aliphatic rings.